The SMILES string of the molecule is Cc1cc(C)n(C2CCCC2C#N)n1. The first-order chi connectivity index (χ1) is 6.72. The topological polar surface area (TPSA) is 41.6 Å². The summed E-state index contributed by atoms with van der Waals surface area (Å²) < 4.78 is 2.04. The zero-order valence-corrected chi connectivity index (χ0v) is 8.70. The lowest BCUT2D eigenvalue weighted by Crippen LogP contribution is -2.15. The molecule has 1 fully saturated rings. The molecule has 2 rings (SSSR count). The number of rotatable bonds is 1. The van der Waals surface area contributed by atoms with Gasteiger partial charge < -0.3 is 0 Å². The first kappa shape index (κ1) is 9.26. The van der Waals surface area contributed by atoms with Gasteiger partial charge in [-0.25, -0.2) is 0 Å². The second kappa shape index (κ2) is 3.45. The lowest BCUT2D eigenvalue weighted by Gasteiger charge is -2.15. The summed E-state index contributed by atoms with van der Waals surface area (Å²) in [6, 6.07) is 4.78. The molecule has 0 spiro atoms. The zero-order valence-electron chi connectivity index (χ0n) is 8.70. The highest BCUT2D eigenvalue weighted by atomic mass is 15.3. The van der Waals surface area contributed by atoms with Crippen LogP contribution in [0.2, 0.25) is 0 Å². The van der Waals surface area contributed by atoms with Gasteiger partial charge in [-0.1, -0.05) is 0 Å². The first-order valence-electron chi connectivity index (χ1n) is 5.14. The largest absolute Gasteiger partial charge is 0.265 e. The van der Waals surface area contributed by atoms with Crippen LogP contribution in [0.15, 0.2) is 6.07 Å². The predicted octanol–water partition coefficient (Wildman–Crippen LogP) is 2.36. The molecule has 0 saturated heterocycles. The Morgan fingerprint density at radius 1 is 1.50 bits per heavy atom. The van der Waals surface area contributed by atoms with Gasteiger partial charge in [-0.2, -0.15) is 10.4 Å². The van der Waals surface area contributed by atoms with Crippen molar-refractivity contribution in [2.75, 3.05) is 0 Å². The normalized spacial score (nSPS) is 26.4. The average molecular weight is 189 g/mol. The zero-order chi connectivity index (χ0) is 10.1. The smallest absolute Gasteiger partial charge is 0.0688 e. The van der Waals surface area contributed by atoms with Crippen LogP contribution >= 0.6 is 0 Å². The summed E-state index contributed by atoms with van der Waals surface area (Å²) in [6.45, 7) is 4.06. The molecular formula is C11H15N3. The van der Waals surface area contributed by atoms with E-state index in [1.54, 1.807) is 0 Å². The van der Waals surface area contributed by atoms with Crippen LogP contribution in [0.1, 0.15) is 36.7 Å². The summed E-state index contributed by atoms with van der Waals surface area (Å²) in [5.41, 5.74) is 2.22. The van der Waals surface area contributed by atoms with Crippen LogP contribution in [0.3, 0.4) is 0 Å². The van der Waals surface area contributed by atoms with Gasteiger partial charge in [0.1, 0.15) is 0 Å². The first-order valence-corrected chi connectivity index (χ1v) is 5.14. The van der Waals surface area contributed by atoms with Crippen molar-refractivity contribution in [3.63, 3.8) is 0 Å². The Balaban J connectivity index is 2.31. The van der Waals surface area contributed by atoms with Crippen LogP contribution in [0.5, 0.6) is 0 Å². The monoisotopic (exact) mass is 189 g/mol. The third kappa shape index (κ3) is 1.41. The molecule has 3 heteroatoms. The van der Waals surface area contributed by atoms with Crippen molar-refractivity contribution < 1.29 is 0 Å². The second-order valence-corrected chi connectivity index (χ2v) is 4.11. The number of aryl methyl sites for hydroxylation is 2. The van der Waals surface area contributed by atoms with Crippen LogP contribution in [0.25, 0.3) is 0 Å². The van der Waals surface area contributed by atoms with E-state index in [-0.39, 0.29) is 5.92 Å². The molecule has 1 aromatic heterocycles. The molecule has 2 unspecified atom stereocenters. The van der Waals surface area contributed by atoms with Gasteiger partial charge in [-0.05, 0) is 39.2 Å². The highest BCUT2D eigenvalue weighted by Crippen LogP contribution is 2.35. The molecule has 2 atom stereocenters. The summed E-state index contributed by atoms with van der Waals surface area (Å²) in [5, 5.41) is 13.5. The number of hydrogen-bond donors (Lipinski definition) is 0. The third-order valence-corrected chi connectivity index (χ3v) is 3.00. The van der Waals surface area contributed by atoms with Gasteiger partial charge in [0.2, 0.25) is 0 Å². The maximum absolute atomic E-state index is 9.00. The maximum atomic E-state index is 9.00. The Labute approximate surface area is 84.3 Å². The Kier molecular flexibility index (Phi) is 2.28. The van der Waals surface area contributed by atoms with Crippen molar-refractivity contribution >= 4 is 0 Å². The van der Waals surface area contributed by atoms with Crippen LogP contribution < -0.4 is 0 Å². The van der Waals surface area contributed by atoms with E-state index in [2.05, 4.69) is 24.2 Å². The Hall–Kier alpha value is -1.30. The molecule has 14 heavy (non-hydrogen) atoms. The fourth-order valence-electron chi connectivity index (χ4n) is 2.37. The van der Waals surface area contributed by atoms with Crippen molar-refractivity contribution in [2.24, 2.45) is 5.92 Å². The van der Waals surface area contributed by atoms with E-state index in [0.29, 0.717) is 6.04 Å². The van der Waals surface area contributed by atoms with Gasteiger partial charge in [-0.15, -0.1) is 0 Å². The summed E-state index contributed by atoms with van der Waals surface area (Å²) in [5.74, 6) is 0.160. The quantitative estimate of drug-likeness (QED) is 0.680. The van der Waals surface area contributed by atoms with Gasteiger partial charge in [0, 0.05) is 5.69 Å². The molecule has 1 aliphatic carbocycles. The van der Waals surface area contributed by atoms with Crippen LogP contribution in [-0.4, -0.2) is 9.78 Å². The van der Waals surface area contributed by atoms with Crippen LogP contribution in [0.4, 0.5) is 0 Å². The maximum Gasteiger partial charge on any atom is 0.0688 e. The molecule has 0 radical (unpaired) electrons. The average Bonchev–Trinajstić information content (AvgIpc) is 2.71. The second-order valence-electron chi connectivity index (χ2n) is 4.11. The van der Waals surface area contributed by atoms with Crippen molar-refractivity contribution in [3.8, 4) is 6.07 Å². The van der Waals surface area contributed by atoms with Gasteiger partial charge in [0.25, 0.3) is 0 Å². The third-order valence-electron chi connectivity index (χ3n) is 3.00. The Morgan fingerprint density at radius 2 is 2.29 bits per heavy atom. The fraction of sp³-hybridized carbons (Fsp3) is 0.636. The molecule has 0 N–H and O–H groups in total. The summed E-state index contributed by atoms with van der Waals surface area (Å²) in [4.78, 5) is 0. The van der Waals surface area contributed by atoms with Crippen LogP contribution in [-0.2, 0) is 0 Å². The molecule has 0 amide bonds. The molecule has 1 aliphatic rings. The number of aromatic nitrogens is 2. The molecule has 1 heterocycles. The lowest BCUT2D eigenvalue weighted by atomic mass is 10.1. The van der Waals surface area contributed by atoms with E-state index in [1.807, 2.05) is 11.6 Å². The van der Waals surface area contributed by atoms with Crippen molar-refractivity contribution in [1.29, 1.82) is 5.26 Å². The van der Waals surface area contributed by atoms with Crippen molar-refractivity contribution in [1.82, 2.24) is 9.78 Å². The van der Waals surface area contributed by atoms with E-state index in [1.165, 1.54) is 5.69 Å². The van der Waals surface area contributed by atoms with Gasteiger partial charge in [0.05, 0.1) is 23.7 Å². The van der Waals surface area contributed by atoms with E-state index in [0.717, 1.165) is 25.0 Å². The molecule has 3 nitrogen and oxygen atoms in total. The van der Waals surface area contributed by atoms with Crippen LogP contribution in [0, 0.1) is 31.1 Å². The number of nitrogens with zero attached hydrogens (tertiary/aromatic N) is 3. The highest BCUT2D eigenvalue weighted by Gasteiger charge is 2.29. The van der Waals surface area contributed by atoms with E-state index >= 15 is 0 Å². The molecule has 1 aromatic rings. The summed E-state index contributed by atoms with van der Waals surface area (Å²) >= 11 is 0. The predicted molar refractivity (Wildman–Crippen MR) is 53.7 cm³/mol. The van der Waals surface area contributed by atoms with E-state index < -0.39 is 0 Å². The molecule has 74 valence electrons. The van der Waals surface area contributed by atoms with E-state index in [4.69, 9.17) is 5.26 Å². The van der Waals surface area contributed by atoms with Crippen molar-refractivity contribution in [3.05, 3.63) is 17.5 Å². The minimum atomic E-state index is 0.160. The van der Waals surface area contributed by atoms with E-state index in [9.17, 15) is 0 Å². The molecule has 0 aromatic carbocycles. The fourth-order valence-corrected chi connectivity index (χ4v) is 2.37. The van der Waals surface area contributed by atoms with Crippen molar-refractivity contribution in [2.45, 2.75) is 39.2 Å². The Bertz CT molecular complexity index is 372. The minimum absolute atomic E-state index is 0.160. The Morgan fingerprint density at radius 3 is 2.86 bits per heavy atom. The number of hydrogen-bond acceptors (Lipinski definition) is 2. The highest BCUT2D eigenvalue weighted by molar-refractivity contribution is 5.10. The van der Waals surface area contributed by atoms with Gasteiger partial charge >= 0.3 is 0 Å². The molecular weight excluding hydrogens is 174 g/mol. The number of nitriles is 1. The molecule has 0 aliphatic heterocycles. The molecule has 0 bridgehead atoms. The summed E-state index contributed by atoms with van der Waals surface area (Å²) in [6.07, 6.45) is 3.28. The summed E-state index contributed by atoms with van der Waals surface area (Å²) in [7, 11) is 0. The minimum Gasteiger partial charge on any atom is -0.265 e. The molecule has 1 saturated carbocycles. The lowest BCUT2D eigenvalue weighted by molar-refractivity contribution is 0.400. The van der Waals surface area contributed by atoms with Gasteiger partial charge in [-0.3, -0.25) is 4.68 Å². The van der Waals surface area contributed by atoms with Gasteiger partial charge in [0.15, 0.2) is 0 Å². The standard InChI is InChI=1S/C11H15N3/c1-8-6-9(2)14(13-8)11-5-3-4-10(11)7-12/h6,10-11H,3-5H2,1-2H3.